The molecule has 0 aromatic heterocycles. The third kappa shape index (κ3) is 6.87. The summed E-state index contributed by atoms with van der Waals surface area (Å²) < 4.78 is 43.1. The fourth-order valence-corrected chi connectivity index (χ4v) is 15.6. The van der Waals surface area contributed by atoms with E-state index in [1.807, 2.05) is 0 Å². The maximum absolute atomic E-state index is 12.2. The molecule has 4 aliphatic heterocycles. The summed E-state index contributed by atoms with van der Waals surface area (Å²) in [5, 5.41) is 110. The monoisotopic (exact) mass is 913 g/mol. The molecule has 5 aliphatic carbocycles. The number of aliphatic hydroxyl groups excluding tert-OH is 10. The van der Waals surface area contributed by atoms with Gasteiger partial charge in [0.05, 0.1) is 43.7 Å². The second-order valence-electron chi connectivity index (χ2n) is 23.5. The summed E-state index contributed by atoms with van der Waals surface area (Å²) in [4.78, 5) is 0. The summed E-state index contributed by atoms with van der Waals surface area (Å²) in [5.41, 5.74) is -2.21. The quantitative estimate of drug-likeness (QED) is 0.116. The van der Waals surface area contributed by atoms with Gasteiger partial charge in [-0.15, -0.1) is 0 Å². The molecule has 25 atom stereocenters. The smallest absolute Gasteiger partial charge is 0.187 e. The Morgan fingerprint density at radius 2 is 1.42 bits per heavy atom. The molecule has 0 aromatic rings. The Morgan fingerprint density at radius 3 is 2.12 bits per heavy atom. The molecule has 9 aliphatic rings. The van der Waals surface area contributed by atoms with E-state index < -0.39 is 128 Å². The van der Waals surface area contributed by atoms with Crippen LogP contribution in [0, 0.1) is 50.2 Å². The molecule has 17 nitrogen and oxygen atoms in total. The van der Waals surface area contributed by atoms with Gasteiger partial charge >= 0.3 is 0 Å². The fraction of sp³-hybridized carbons (Fsp3) is 0.957. The molecule has 8 fully saturated rings. The lowest BCUT2D eigenvalue weighted by Crippen LogP contribution is -2.73. The Morgan fingerprint density at radius 1 is 0.703 bits per heavy atom. The van der Waals surface area contributed by atoms with E-state index in [2.05, 4.69) is 53.7 Å². The van der Waals surface area contributed by atoms with Gasteiger partial charge in [-0.05, 0) is 91.8 Å². The van der Waals surface area contributed by atoms with Crippen LogP contribution in [0.3, 0.4) is 0 Å². The van der Waals surface area contributed by atoms with Crippen molar-refractivity contribution in [1.82, 2.24) is 0 Å². The molecule has 4 saturated heterocycles. The molecule has 25 unspecified atom stereocenters. The van der Waals surface area contributed by atoms with Gasteiger partial charge in [0.2, 0.25) is 0 Å². The Bertz CT molecular complexity index is 1750. The van der Waals surface area contributed by atoms with Gasteiger partial charge in [0.1, 0.15) is 61.0 Å². The fourth-order valence-electron chi connectivity index (χ4n) is 15.6. The van der Waals surface area contributed by atoms with Crippen LogP contribution in [0.2, 0.25) is 0 Å². The van der Waals surface area contributed by atoms with Crippen LogP contribution in [0.25, 0.3) is 0 Å². The lowest BCUT2D eigenvalue weighted by atomic mass is 9.30. The first-order valence-electron chi connectivity index (χ1n) is 23.8. The largest absolute Gasteiger partial charge is 0.396 e. The van der Waals surface area contributed by atoms with Crippen LogP contribution in [0.5, 0.6) is 0 Å². The standard InChI is InChI=1S/C47H76O17/c1-22-30(52)36(63-40-37(33(55)32(54)25(17-48)62-40)64-38-34(56)31(53)24(50)18-58-38)35(57)39(60-22)61-23-8-10-43(5)26-9-11-47-28-15-41(2,3)12-13-46(28,21-59-47)29(51)16-45(47,7)44(26,6)19-42(4,20-49)27(43)14-23/h9,11,22-40,48-57H,8,10,12-21H2,1-7H3. The molecule has 0 radical (unpaired) electrons. The van der Waals surface area contributed by atoms with Crippen molar-refractivity contribution in [3.8, 4) is 0 Å². The van der Waals surface area contributed by atoms with Gasteiger partial charge in [-0.1, -0.05) is 53.7 Å². The minimum absolute atomic E-state index is 0.0144. The second-order valence-corrected chi connectivity index (χ2v) is 23.5. The van der Waals surface area contributed by atoms with Crippen molar-refractivity contribution in [2.45, 2.75) is 204 Å². The van der Waals surface area contributed by atoms with E-state index in [4.69, 9.17) is 33.2 Å². The van der Waals surface area contributed by atoms with Crippen molar-refractivity contribution in [3.63, 3.8) is 0 Å². The number of allylic oxidation sites excluding steroid dienone is 1. The summed E-state index contributed by atoms with van der Waals surface area (Å²) in [6, 6.07) is 0. The lowest BCUT2D eigenvalue weighted by Gasteiger charge is -2.74. The highest BCUT2D eigenvalue weighted by molar-refractivity contribution is 5.36. The molecular formula is C47H76O17. The Kier molecular flexibility index (Phi) is 12.3. The van der Waals surface area contributed by atoms with Gasteiger partial charge in [0, 0.05) is 23.4 Å². The minimum atomic E-state index is -1.79. The second kappa shape index (κ2) is 16.3. The molecule has 2 bridgehead atoms. The van der Waals surface area contributed by atoms with E-state index in [0.717, 1.165) is 25.7 Å². The van der Waals surface area contributed by atoms with E-state index in [0.29, 0.717) is 32.3 Å². The van der Waals surface area contributed by atoms with Crippen molar-refractivity contribution in [2.75, 3.05) is 26.4 Å². The molecule has 4 heterocycles. The minimum Gasteiger partial charge on any atom is -0.396 e. The van der Waals surface area contributed by atoms with E-state index in [1.54, 1.807) is 6.92 Å². The van der Waals surface area contributed by atoms with Crippen LogP contribution in [0.15, 0.2) is 12.2 Å². The van der Waals surface area contributed by atoms with Crippen LogP contribution >= 0.6 is 0 Å². The van der Waals surface area contributed by atoms with Crippen molar-refractivity contribution in [2.24, 2.45) is 50.2 Å². The molecule has 4 saturated carbocycles. The van der Waals surface area contributed by atoms with Gasteiger partial charge in [-0.25, -0.2) is 0 Å². The summed E-state index contributed by atoms with van der Waals surface area (Å²) in [6.45, 7) is 14.9. The molecule has 0 aromatic carbocycles. The number of hydrogen-bond donors (Lipinski definition) is 10. The van der Waals surface area contributed by atoms with Crippen LogP contribution in [-0.4, -0.2) is 181 Å². The van der Waals surface area contributed by atoms with E-state index in [1.165, 1.54) is 0 Å². The molecular weight excluding hydrogens is 837 g/mol. The van der Waals surface area contributed by atoms with Gasteiger partial charge in [-0.3, -0.25) is 0 Å². The van der Waals surface area contributed by atoms with Gasteiger partial charge in [-0.2, -0.15) is 0 Å². The first-order valence-corrected chi connectivity index (χ1v) is 23.8. The summed E-state index contributed by atoms with van der Waals surface area (Å²) in [5.74, 6) is 0.289. The molecule has 17 heteroatoms. The normalized spacial score (nSPS) is 59.0. The average Bonchev–Trinajstić information content (AvgIpc) is 3.52. The highest BCUT2D eigenvalue weighted by Gasteiger charge is 2.79. The number of aliphatic hydroxyl groups is 10. The number of fused-ring (bicyclic) bond motifs is 4. The molecule has 9 rings (SSSR count). The Hall–Kier alpha value is -0.940. The molecule has 0 amide bonds. The summed E-state index contributed by atoms with van der Waals surface area (Å²) in [6.07, 6.45) is -11.2. The van der Waals surface area contributed by atoms with E-state index in [9.17, 15) is 51.1 Å². The van der Waals surface area contributed by atoms with Gasteiger partial charge in [0.15, 0.2) is 18.9 Å². The molecule has 10 N–H and O–H groups in total. The van der Waals surface area contributed by atoms with Crippen molar-refractivity contribution in [3.05, 3.63) is 12.2 Å². The van der Waals surface area contributed by atoms with E-state index in [-0.39, 0.29) is 46.0 Å². The third-order valence-corrected chi connectivity index (χ3v) is 19.4. The zero-order chi connectivity index (χ0) is 46.3. The predicted molar refractivity (Wildman–Crippen MR) is 223 cm³/mol. The Labute approximate surface area is 376 Å². The van der Waals surface area contributed by atoms with Crippen LogP contribution in [0.4, 0.5) is 0 Å². The van der Waals surface area contributed by atoms with Crippen molar-refractivity contribution in [1.29, 1.82) is 0 Å². The van der Waals surface area contributed by atoms with Crippen molar-refractivity contribution < 1.29 is 84.2 Å². The zero-order valence-corrected chi connectivity index (χ0v) is 38.4. The first kappa shape index (κ1) is 48.1. The highest BCUT2D eigenvalue weighted by atomic mass is 16.8. The van der Waals surface area contributed by atoms with Crippen molar-refractivity contribution >= 4 is 0 Å². The van der Waals surface area contributed by atoms with Gasteiger partial charge in [0.25, 0.3) is 0 Å². The van der Waals surface area contributed by atoms with Crippen LogP contribution < -0.4 is 0 Å². The third-order valence-electron chi connectivity index (χ3n) is 19.4. The SMILES string of the molecule is CC1OC(OC2CCC3(C)C(C2)C(C)(CO)CC2(C)C3C=CC34OCC5(CCC(C)(C)CC53)C(O)CC24C)C(O)C(OC2OC(CO)C(O)C(O)C2OC2OCC(O)C(O)C2O)C1O. The maximum Gasteiger partial charge on any atom is 0.187 e. The lowest BCUT2D eigenvalue weighted by molar-refractivity contribution is -0.384. The molecule has 1 spiro atoms. The first-order chi connectivity index (χ1) is 29.9. The number of hydrogen-bond acceptors (Lipinski definition) is 17. The average molecular weight is 913 g/mol. The highest BCUT2D eigenvalue weighted by Crippen LogP contribution is 2.80. The number of ether oxygens (including phenoxy) is 7. The van der Waals surface area contributed by atoms with Crippen LogP contribution in [-0.2, 0) is 33.2 Å². The number of rotatable bonds is 8. The van der Waals surface area contributed by atoms with Gasteiger partial charge < -0.3 is 84.2 Å². The predicted octanol–water partition coefficient (Wildman–Crippen LogP) is 0.240. The topological polar surface area (TPSA) is 267 Å². The van der Waals surface area contributed by atoms with E-state index >= 15 is 0 Å². The summed E-state index contributed by atoms with van der Waals surface area (Å²) in [7, 11) is 0. The summed E-state index contributed by atoms with van der Waals surface area (Å²) >= 11 is 0. The van der Waals surface area contributed by atoms with Crippen LogP contribution in [0.1, 0.15) is 99.8 Å². The molecule has 366 valence electrons. The maximum atomic E-state index is 12.2. The zero-order valence-electron chi connectivity index (χ0n) is 38.4. The Balaban J connectivity index is 0.948. The molecule has 64 heavy (non-hydrogen) atoms.